The molecule has 0 amide bonds. The molecule has 5 heteroatoms. The molecule has 0 saturated heterocycles. The zero-order valence-corrected chi connectivity index (χ0v) is 17.6. The van der Waals surface area contributed by atoms with Gasteiger partial charge in [-0.25, -0.2) is 0 Å². The molecule has 0 aliphatic heterocycles. The highest BCUT2D eigenvalue weighted by molar-refractivity contribution is 5.86. The Kier molecular flexibility index (Phi) is 13.4. The highest BCUT2D eigenvalue weighted by atomic mass is 16.5. The predicted octanol–water partition coefficient (Wildman–Crippen LogP) is 4.79. The van der Waals surface area contributed by atoms with Gasteiger partial charge < -0.3 is 15.2 Å². The average Bonchev–Trinajstić information content (AvgIpc) is 2.61. The first-order valence-electron chi connectivity index (χ1n) is 10.5. The van der Waals surface area contributed by atoms with E-state index in [4.69, 9.17) is 4.74 Å². The molecule has 0 aromatic heterocycles. The summed E-state index contributed by atoms with van der Waals surface area (Å²) >= 11 is 0. The zero-order valence-electron chi connectivity index (χ0n) is 17.6. The normalized spacial score (nSPS) is 15.9. The van der Waals surface area contributed by atoms with Gasteiger partial charge in [-0.15, -0.1) is 0 Å². The van der Waals surface area contributed by atoms with Crippen LogP contribution in [0.4, 0.5) is 0 Å². The van der Waals surface area contributed by atoms with Crippen LogP contribution < -0.4 is 5.32 Å². The minimum atomic E-state index is -1.17. The first-order valence-corrected chi connectivity index (χ1v) is 10.5. The molecule has 0 aromatic rings. The molecule has 5 nitrogen and oxygen atoms in total. The van der Waals surface area contributed by atoms with Gasteiger partial charge in [0.05, 0.1) is 13.0 Å². The molecular formula is C21H41NO4. The highest BCUT2D eigenvalue weighted by Crippen LogP contribution is 2.19. The van der Waals surface area contributed by atoms with Crippen molar-refractivity contribution in [1.82, 2.24) is 5.32 Å². The average molecular weight is 372 g/mol. The molecule has 0 aliphatic carbocycles. The maximum absolute atomic E-state index is 12.7. The van der Waals surface area contributed by atoms with Gasteiger partial charge in [-0.1, -0.05) is 66.2 Å². The number of carbonyl (C=O) groups excluding carboxylic acids is 1. The van der Waals surface area contributed by atoms with Gasteiger partial charge in [-0.2, -0.15) is 0 Å². The molecule has 0 radical (unpaired) electrons. The third-order valence-corrected chi connectivity index (χ3v) is 5.27. The van der Waals surface area contributed by atoms with Crippen LogP contribution in [0, 0.1) is 11.8 Å². The largest absolute Gasteiger partial charge is 0.481 e. The van der Waals surface area contributed by atoms with Crippen LogP contribution in [0.2, 0.25) is 0 Å². The van der Waals surface area contributed by atoms with E-state index in [2.05, 4.69) is 33.0 Å². The second-order valence-electron chi connectivity index (χ2n) is 7.71. The monoisotopic (exact) mass is 371 g/mol. The molecule has 26 heavy (non-hydrogen) atoms. The third kappa shape index (κ3) is 10.1. The van der Waals surface area contributed by atoms with Gasteiger partial charge >= 0.3 is 11.9 Å². The summed E-state index contributed by atoms with van der Waals surface area (Å²) in [6, 6.07) is 0. The van der Waals surface area contributed by atoms with Crippen molar-refractivity contribution in [2.45, 2.75) is 97.9 Å². The van der Waals surface area contributed by atoms with Crippen molar-refractivity contribution < 1.29 is 19.4 Å². The zero-order chi connectivity index (χ0) is 20.0. The number of hydrogen-bond donors (Lipinski definition) is 2. The summed E-state index contributed by atoms with van der Waals surface area (Å²) in [4.78, 5) is 24.0. The van der Waals surface area contributed by atoms with Gasteiger partial charge in [0.2, 0.25) is 0 Å². The molecule has 0 rings (SSSR count). The van der Waals surface area contributed by atoms with Gasteiger partial charge in [0.15, 0.2) is 0 Å². The molecule has 0 saturated carbocycles. The van der Waals surface area contributed by atoms with E-state index in [0.29, 0.717) is 25.0 Å². The fourth-order valence-electron chi connectivity index (χ4n) is 3.07. The molecule has 0 heterocycles. The first-order chi connectivity index (χ1) is 12.3. The Bertz CT molecular complexity index is 399. The number of nitrogens with one attached hydrogen (secondary N) is 1. The van der Waals surface area contributed by atoms with E-state index in [1.54, 1.807) is 6.92 Å². The molecule has 0 aliphatic rings. The number of carboxylic acid groups (broad SMARTS) is 1. The summed E-state index contributed by atoms with van der Waals surface area (Å²) in [5, 5.41) is 12.5. The minimum Gasteiger partial charge on any atom is -0.481 e. The standard InChI is InChI=1S/C21H41NO4/c1-6-10-12-17(8-3)15-22-21(5,14-19(23)24)20(25)26-16-18(9-4)13-11-7-2/h17-18,22H,6-16H2,1-5H3,(H,23,24). The van der Waals surface area contributed by atoms with Crippen LogP contribution in [0.1, 0.15) is 92.4 Å². The smallest absolute Gasteiger partial charge is 0.326 e. The molecule has 0 bridgehead atoms. The number of unbranched alkanes of at least 4 members (excludes halogenated alkanes) is 2. The van der Waals surface area contributed by atoms with Crippen LogP contribution in [0.3, 0.4) is 0 Å². The Balaban J connectivity index is 4.80. The first kappa shape index (κ1) is 24.9. The Morgan fingerprint density at radius 3 is 2.00 bits per heavy atom. The quantitative estimate of drug-likeness (QED) is 0.382. The molecule has 0 aromatic carbocycles. The van der Waals surface area contributed by atoms with Crippen molar-refractivity contribution in [2.24, 2.45) is 11.8 Å². The lowest BCUT2D eigenvalue weighted by Crippen LogP contribution is -2.53. The van der Waals surface area contributed by atoms with Gasteiger partial charge in [0.1, 0.15) is 5.54 Å². The highest BCUT2D eigenvalue weighted by Gasteiger charge is 2.37. The van der Waals surface area contributed by atoms with Crippen LogP contribution in [-0.4, -0.2) is 35.7 Å². The van der Waals surface area contributed by atoms with E-state index < -0.39 is 17.5 Å². The molecule has 154 valence electrons. The van der Waals surface area contributed by atoms with E-state index in [1.165, 1.54) is 0 Å². The Morgan fingerprint density at radius 2 is 1.54 bits per heavy atom. The lowest BCUT2D eigenvalue weighted by atomic mass is 9.94. The van der Waals surface area contributed by atoms with Gasteiger partial charge in [0.25, 0.3) is 0 Å². The lowest BCUT2D eigenvalue weighted by Gasteiger charge is -2.30. The summed E-state index contributed by atoms with van der Waals surface area (Å²) in [5.41, 5.74) is -1.17. The molecule has 3 unspecified atom stereocenters. The topological polar surface area (TPSA) is 75.6 Å². The van der Waals surface area contributed by atoms with E-state index >= 15 is 0 Å². The number of carboxylic acids is 1. The fraction of sp³-hybridized carbons (Fsp3) is 0.905. The second kappa shape index (κ2) is 14.0. The summed E-state index contributed by atoms with van der Waals surface area (Å²) < 4.78 is 5.54. The van der Waals surface area contributed by atoms with E-state index in [-0.39, 0.29) is 6.42 Å². The van der Waals surface area contributed by atoms with Crippen LogP contribution >= 0.6 is 0 Å². The Labute approximate surface area is 160 Å². The summed E-state index contributed by atoms with van der Waals surface area (Å²) in [6.45, 7) is 11.2. The molecular weight excluding hydrogens is 330 g/mol. The Morgan fingerprint density at radius 1 is 1.00 bits per heavy atom. The minimum absolute atomic E-state index is 0.262. The van der Waals surface area contributed by atoms with E-state index in [1.807, 2.05) is 0 Å². The van der Waals surface area contributed by atoms with Crippen LogP contribution in [0.25, 0.3) is 0 Å². The Hall–Kier alpha value is -1.10. The van der Waals surface area contributed by atoms with Gasteiger partial charge in [-0.3, -0.25) is 9.59 Å². The lowest BCUT2D eigenvalue weighted by molar-refractivity contribution is -0.157. The number of aliphatic carboxylic acids is 1. The number of ether oxygens (including phenoxy) is 1. The second-order valence-corrected chi connectivity index (χ2v) is 7.71. The fourth-order valence-corrected chi connectivity index (χ4v) is 3.07. The maximum Gasteiger partial charge on any atom is 0.326 e. The number of esters is 1. The number of rotatable bonds is 16. The van der Waals surface area contributed by atoms with Crippen LogP contribution in [0.5, 0.6) is 0 Å². The molecule has 0 fully saturated rings. The third-order valence-electron chi connectivity index (χ3n) is 5.27. The number of carbonyl (C=O) groups is 2. The van der Waals surface area contributed by atoms with Crippen molar-refractivity contribution in [1.29, 1.82) is 0 Å². The molecule has 2 N–H and O–H groups in total. The predicted molar refractivity (Wildman–Crippen MR) is 106 cm³/mol. The van der Waals surface area contributed by atoms with E-state index in [9.17, 15) is 14.7 Å². The van der Waals surface area contributed by atoms with E-state index in [0.717, 1.165) is 51.4 Å². The van der Waals surface area contributed by atoms with Crippen molar-refractivity contribution in [3.8, 4) is 0 Å². The van der Waals surface area contributed by atoms with Crippen LogP contribution in [0.15, 0.2) is 0 Å². The maximum atomic E-state index is 12.7. The SMILES string of the molecule is CCCCC(CC)CNC(C)(CC(=O)O)C(=O)OCC(CC)CCCC. The van der Waals surface area contributed by atoms with Crippen molar-refractivity contribution >= 4 is 11.9 Å². The summed E-state index contributed by atoms with van der Waals surface area (Å²) in [5.74, 6) is -0.637. The van der Waals surface area contributed by atoms with Crippen molar-refractivity contribution in [3.05, 3.63) is 0 Å². The van der Waals surface area contributed by atoms with Crippen LogP contribution in [-0.2, 0) is 14.3 Å². The molecule has 3 atom stereocenters. The van der Waals surface area contributed by atoms with Gasteiger partial charge in [-0.05, 0) is 38.1 Å². The summed E-state index contributed by atoms with van der Waals surface area (Å²) in [6.07, 6.45) is 8.38. The van der Waals surface area contributed by atoms with Gasteiger partial charge in [0, 0.05) is 0 Å². The summed E-state index contributed by atoms with van der Waals surface area (Å²) in [7, 11) is 0. The van der Waals surface area contributed by atoms with Crippen molar-refractivity contribution in [2.75, 3.05) is 13.2 Å². The molecule has 0 spiro atoms. The number of hydrogen-bond acceptors (Lipinski definition) is 4. The van der Waals surface area contributed by atoms with Crippen molar-refractivity contribution in [3.63, 3.8) is 0 Å².